The molecule has 0 spiro atoms. The number of aliphatic imine (C=N–C) groups is 1. The van der Waals surface area contributed by atoms with Crippen molar-refractivity contribution in [3.63, 3.8) is 0 Å². The molecule has 3 heteroatoms. The van der Waals surface area contributed by atoms with Crippen molar-refractivity contribution in [1.29, 1.82) is 0 Å². The second-order valence-corrected chi connectivity index (χ2v) is 2.68. The molecule has 0 rings (SSSR count). The lowest BCUT2D eigenvalue weighted by Gasteiger charge is -1.94. The highest BCUT2D eigenvalue weighted by Gasteiger charge is 1.99. The second-order valence-electron chi connectivity index (χ2n) is 2.68. The smallest absolute Gasteiger partial charge is 0.335 e. The van der Waals surface area contributed by atoms with Gasteiger partial charge in [-0.25, -0.2) is 4.79 Å². The third kappa shape index (κ3) is 4.44. The first-order chi connectivity index (χ1) is 5.43. The van der Waals surface area contributed by atoms with Gasteiger partial charge in [-0.15, -0.1) is 0 Å². The van der Waals surface area contributed by atoms with E-state index in [9.17, 15) is 4.79 Å². The van der Waals surface area contributed by atoms with E-state index < -0.39 is 5.97 Å². The van der Waals surface area contributed by atoms with Gasteiger partial charge in [0.2, 0.25) is 0 Å². The first-order valence-corrected chi connectivity index (χ1v) is 3.56. The first kappa shape index (κ1) is 10.6. The van der Waals surface area contributed by atoms with Crippen LogP contribution < -0.4 is 0 Å². The summed E-state index contributed by atoms with van der Waals surface area (Å²) in [6, 6.07) is 0. The number of allylic oxidation sites excluding steroid dienone is 1. The van der Waals surface area contributed by atoms with Crippen molar-refractivity contribution in [1.82, 2.24) is 0 Å². The van der Waals surface area contributed by atoms with E-state index in [1.807, 2.05) is 13.8 Å². The molecular formula is C9H13NO2. The van der Waals surface area contributed by atoms with Gasteiger partial charge in [0, 0.05) is 11.4 Å². The average Bonchev–Trinajstić information content (AvgIpc) is 1.84. The maximum Gasteiger partial charge on any atom is 0.335 e. The molecule has 3 nitrogen and oxygen atoms in total. The molecule has 0 aromatic carbocycles. The molecule has 0 heterocycles. The van der Waals surface area contributed by atoms with Crippen LogP contribution in [-0.4, -0.2) is 16.8 Å². The average molecular weight is 167 g/mol. The summed E-state index contributed by atoms with van der Waals surface area (Å²) in [5, 5.41) is 8.47. The van der Waals surface area contributed by atoms with Crippen molar-refractivity contribution in [2.45, 2.75) is 20.8 Å². The summed E-state index contributed by atoms with van der Waals surface area (Å²) in [7, 11) is 0. The van der Waals surface area contributed by atoms with Crippen LogP contribution in [-0.2, 0) is 4.79 Å². The predicted molar refractivity (Wildman–Crippen MR) is 49.3 cm³/mol. The largest absolute Gasteiger partial charge is 0.478 e. The maximum absolute atomic E-state index is 10.3. The van der Waals surface area contributed by atoms with Crippen LogP contribution in [0.4, 0.5) is 0 Å². The number of carboxylic acid groups (broad SMARTS) is 1. The molecular weight excluding hydrogens is 154 g/mol. The number of carbonyl (C=O) groups is 1. The number of aliphatic carboxylic acids is 1. The molecule has 0 aromatic heterocycles. The van der Waals surface area contributed by atoms with E-state index in [-0.39, 0.29) is 5.57 Å². The number of hydrogen-bond acceptors (Lipinski definition) is 2. The van der Waals surface area contributed by atoms with Gasteiger partial charge in [-0.2, -0.15) is 0 Å². The molecule has 0 saturated carbocycles. The van der Waals surface area contributed by atoms with Gasteiger partial charge in [0.25, 0.3) is 0 Å². The maximum atomic E-state index is 10.3. The Hall–Kier alpha value is -1.38. The van der Waals surface area contributed by atoms with Gasteiger partial charge in [0.15, 0.2) is 0 Å². The number of hydrogen-bond donors (Lipinski definition) is 1. The summed E-state index contributed by atoms with van der Waals surface area (Å²) in [6.07, 6.45) is 1.44. The molecule has 0 aliphatic carbocycles. The lowest BCUT2D eigenvalue weighted by Crippen LogP contribution is -1.96. The summed E-state index contributed by atoms with van der Waals surface area (Å²) in [4.78, 5) is 14.4. The van der Waals surface area contributed by atoms with Crippen LogP contribution in [0.1, 0.15) is 20.8 Å². The van der Waals surface area contributed by atoms with Gasteiger partial charge in [0.1, 0.15) is 0 Å². The van der Waals surface area contributed by atoms with Gasteiger partial charge < -0.3 is 5.11 Å². The van der Waals surface area contributed by atoms with Gasteiger partial charge in [0.05, 0.1) is 5.57 Å². The Morgan fingerprint density at radius 2 is 1.92 bits per heavy atom. The predicted octanol–water partition coefficient (Wildman–Crippen LogP) is 2.01. The summed E-state index contributed by atoms with van der Waals surface area (Å²) >= 11 is 0. The van der Waals surface area contributed by atoms with Crippen LogP contribution in [0.3, 0.4) is 0 Å². The van der Waals surface area contributed by atoms with Crippen LogP contribution >= 0.6 is 0 Å². The Labute approximate surface area is 72.1 Å². The van der Waals surface area contributed by atoms with E-state index in [1.54, 1.807) is 6.92 Å². The van der Waals surface area contributed by atoms with Gasteiger partial charge >= 0.3 is 5.97 Å². The van der Waals surface area contributed by atoms with Crippen molar-refractivity contribution < 1.29 is 9.90 Å². The Balaban J connectivity index is 4.48. The normalized spacial score (nSPS) is 10.8. The fourth-order valence-corrected chi connectivity index (χ4v) is 0.699. The zero-order valence-electron chi connectivity index (χ0n) is 7.59. The van der Waals surface area contributed by atoms with Crippen LogP contribution in [0, 0.1) is 0 Å². The van der Waals surface area contributed by atoms with Crippen LogP contribution in [0.25, 0.3) is 0 Å². The Bertz CT molecular complexity index is 258. The van der Waals surface area contributed by atoms with Crippen molar-refractivity contribution in [3.8, 4) is 0 Å². The van der Waals surface area contributed by atoms with Gasteiger partial charge in [-0.1, -0.05) is 6.58 Å². The molecule has 0 aliphatic heterocycles. The highest BCUT2D eigenvalue weighted by molar-refractivity contribution is 5.89. The fourth-order valence-electron chi connectivity index (χ4n) is 0.699. The molecule has 1 N–H and O–H groups in total. The summed E-state index contributed by atoms with van der Waals surface area (Å²) < 4.78 is 0. The lowest BCUT2D eigenvalue weighted by molar-refractivity contribution is -0.132. The standard InChI is InChI=1S/C9H13NO2/c1-6(2)10-8(4)5-7(3)9(11)12/h5H,3H2,1-2,4H3,(H,11,12)/b8-5-. The summed E-state index contributed by atoms with van der Waals surface area (Å²) in [5.74, 6) is -1.02. The molecule has 66 valence electrons. The van der Waals surface area contributed by atoms with E-state index in [0.717, 1.165) is 5.71 Å². The monoisotopic (exact) mass is 167 g/mol. The van der Waals surface area contributed by atoms with Crippen LogP contribution in [0.2, 0.25) is 0 Å². The summed E-state index contributed by atoms with van der Waals surface area (Å²) in [5.41, 5.74) is 1.60. The van der Waals surface area contributed by atoms with Gasteiger partial charge in [-0.05, 0) is 26.8 Å². The van der Waals surface area contributed by atoms with E-state index in [4.69, 9.17) is 5.11 Å². The number of carboxylic acids is 1. The van der Waals surface area contributed by atoms with E-state index in [0.29, 0.717) is 5.70 Å². The number of rotatable bonds is 3. The third-order valence-electron chi connectivity index (χ3n) is 1.06. The lowest BCUT2D eigenvalue weighted by atomic mass is 10.2. The molecule has 0 bridgehead atoms. The number of nitrogens with zero attached hydrogens (tertiary/aromatic N) is 1. The molecule has 0 saturated heterocycles. The molecule has 0 atom stereocenters. The zero-order chi connectivity index (χ0) is 9.72. The quantitative estimate of drug-likeness (QED) is 0.397. The van der Waals surface area contributed by atoms with E-state index in [2.05, 4.69) is 11.6 Å². The molecule has 12 heavy (non-hydrogen) atoms. The summed E-state index contributed by atoms with van der Waals surface area (Å²) in [6.45, 7) is 8.79. The zero-order valence-corrected chi connectivity index (χ0v) is 7.59. The topological polar surface area (TPSA) is 49.7 Å². The highest BCUT2D eigenvalue weighted by Crippen LogP contribution is 2.01. The van der Waals surface area contributed by atoms with E-state index in [1.165, 1.54) is 6.08 Å². The Kier molecular flexibility index (Phi) is 3.97. The van der Waals surface area contributed by atoms with Crippen LogP contribution in [0.15, 0.2) is 28.9 Å². The minimum absolute atomic E-state index is 0.0532. The van der Waals surface area contributed by atoms with Gasteiger partial charge in [-0.3, -0.25) is 4.99 Å². The van der Waals surface area contributed by atoms with Crippen LogP contribution in [0.5, 0.6) is 0 Å². The molecule has 0 unspecified atom stereocenters. The minimum atomic E-state index is -1.02. The fraction of sp³-hybridized carbons (Fsp3) is 0.333. The van der Waals surface area contributed by atoms with Crippen molar-refractivity contribution >= 4 is 11.7 Å². The Morgan fingerprint density at radius 3 is 2.25 bits per heavy atom. The molecule has 0 fully saturated rings. The highest BCUT2D eigenvalue weighted by atomic mass is 16.4. The Morgan fingerprint density at radius 1 is 1.42 bits per heavy atom. The molecule has 0 radical (unpaired) electrons. The van der Waals surface area contributed by atoms with Crippen molar-refractivity contribution in [3.05, 3.63) is 23.9 Å². The van der Waals surface area contributed by atoms with Crippen molar-refractivity contribution in [2.24, 2.45) is 4.99 Å². The molecule has 0 aromatic rings. The molecule has 0 amide bonds. The third-order valence-corrected chi connectivity index (χ3v) is 1.06. The van der Waals surface area contributed by atoms with E-state index >= 15 is 0 Å². The molecule has 0 aliphatic rings. The first-order valence-electron chi connectivity index (χ1n) is 3.56. The minimum Gasteiger partial charge on any atom is -0.478 e. The second kappa shape index (κ2) is 4.49. The SMILES string of the molecule is C=C(/C=C(/C)N=C(C)C)C(=O)O. The van der Waals surface area contributed by atoms with Crippen molar-refractivity contribution in [2.75, 3.05) is 0 Å².